The molecule has 0 amide bonds. The van der Waals surface area contributed by atoms with E-state index in [1.165, 1.54) is 6.07 Å². The average molecular weight is 300 g/mol. The normalized spacial score (nSPS) is 11.5. The summed E-state index contributed by atoms with van der Waals surface area (Å²) in [5.74, 6) is 0. The Balaban J connectivity index is 2.33. The number of benzene rings is 2. The van der Waals surface area contributed by atoms with Gasteiger partial charge < -0.3 is 0 Å². The third-order valence-corrected chi connectivity index (χ3v) is 2.82. The Bertz CT molecular complexity index is 498. The van der Waals surface area contributed by atoms with Crippen molar-refractivity contribution in [1.29, 1.82) is 0 Å². The molecular formula is C13H7BrF3. The molecule has 0 unspecified atom stereocenters. The molecule has 17 heavy (non-hydrogen) atoms. The van der Waals surface area contributed by atoms with E-state index in [9.17, 15) is 13.2 Å². The van der Waals surface area contributed by atoms with E-state index >= 15 is 0 Å². The van der Waals surface area contributed by atoms with Gasteiger partial charge in [0.2, 0.25) is 0 Å². The Labute approximate surface area is 105 Å². The van der Waals surface area contributed by atoms with Crippen LogP contribution in [0.5, 0.6) is 0 Å². The lowest BCUT2D eigenvalue weighted by Crippen LogP contribution is -2.04. The predicted octanol–water partition coefficient (Wildman–Crippen LogP) is 4.94. The SMILES string of the molecule is FC(F)(F)c1c[c]c(-c2ccc(Br)cc2)cc1. The Morgan fingerprint density at radius 1 is 0.941 bits per heavy atom. The van der Waals surface area contributed by atoms with Crippen LogP contribution >= 0.6 is 15.9 Å². The van der Waals surface area contributed by atoms with E-state index in [-0.39, 0.29) is 0 Å². The lowest BCUT2D eigenvalue weighted by atomic mass is 10.0. The Morgan fingerprint density at radius 3 is 2.06 bits per heavy atom. The molecule has 1 radical (unpaired) electrons. The molecular weight excluding hydrogens is 293 g/mol. The van der Waals surface area contributed by atoms with Crippen LogP contribution in [0.2, 0.25) is 0 Å². The van der Waals surface area contributed by atoms with Crippen LogP contribution in [0.3, 0.4) is 0 Å². The molecule has 0 spiro atoms. The van der Waals surface area contributed by atoms with Crippen LogP contribution in [-0.2, 0) is 6.18 Å². The van der Waals surface area contributed by atoms with E-state index in [0.717, 1.165) is 22.2 Å². The number of rotatable bonds is 1. The van der Waals surface area contributed by atoms with Gasteiger partial charge in [-0.05, 0) is 41.5 Å². The molecule has 0 heterocycles. The van der Waals surface area contributed by atoms with E-state index in [1.807, 2.05) is 24.3 Å². The third kappa shape index (κ3) is 2.88. The summed E-state index contributed by atoms with van der Waals surface area (Å²) in [6.07, 6.45) is -4.31. The molecule has 2 rings (SSSR count). The highest BCUT2D eigenvalue weighted by Gasteiger charge is 2.29. The number of hydrogen-bond acceptors (Lipinski definition) is 0. The van der Waals surface area contributed by atoms with Gasteiger partial charge in [-0.2, -0.15) is 13.2 Å². The maximum absolute atomic E-state index is 12.3. The molecule has 0 atom stereocenters. The highest BCUT2D eigenvalue weighted by molar-refractivity contribution is 9.10. The maximum Gasteiger partial charge on any atom is 0.416 e. The number of halogens is 4. The quantitative estimate of drug-likeness (QED) is 0.700. The molecule has 4 heteroatoms. The summed E-state index contributed by atoms with van der Waals surface area (Å²) in [5.41, 5.74) is 0.797. The van der Waals surface area contributed by atoms with Crippen LogP contribution < -0.4 is 0 Å². The van der Waals surface area contributed by atoms with Crippen molar-refractivity contribution < 1.29 is 13.2 Å². The van der Waals surface area contributed by atoms with Gasteiger partial charge in [-0.15, -0.1) is 0 Å². The molecule has 0 nitrogen and oxygen atoms in total. The van der Waals surface area contributed by atoms with Gasteiger partial charge in [0.25, 0.3) is 0 Å². The molecule has 0 N–H and O–H groups in total. The summed E-state index contributed by atoms with van der Waals surface area (Å²) < 4.78 is 38.0. The van der Waals surface area contributed by atoms with Gasteiger partial charge in [0.15, 0.2) is 0 Å². The fraction of sp³-hybridized carbons (Fsp3) is 0.0769. The van der Waals surface area contributed by atoms with Crippen LogP contribution in [0.1, 0.15) is 5.56 Å². The predicted molar refractivity (Wildman–Crippen MR) is 63.4 cm³/mol. The van der Waals surface area contributed by atoms with Crippen molar-refractivity contribution in [1.82, 2.24) is 0 Å². The van der Waals surface area contributed by atoms with Crippen LogP contribution in [0.4, 0.5) is 13.2 Å². The summed E-state index contributed by atoms with van der Waals surface area (Å²) in [4.78, 5) is 0. The zero-order valence-electron chi connectivity index (χ0n) is 8.55. The van der Waals surface area contributed by atoms with Crippen LogP contribution in [0.15, 0.2) is 46.9 Å². The minimum absolute atomic E-state index is 0.644. The van der Waals surface area contributed by atoms with Crippen molar-refractivity contribution in [3.63, 3.8) is 0 Å². The van der Waals surface area contributed by atoms with Crippen molar-refractivity contribution in [2.75, 3.05) is 0 Å². The maximum atomic E-state index is 12.3. The van der Waals surface area contributed by atoms with E-state index in [0.29, 0.717) is 5.56 Å². The summed E-state index contributed by atoms with van der Waals surface area (Å²) in [7, 11) is 0. The molecule has 0 saturated heterocycles. The van der Waals surface area contributed by atoms with Gasteiger partial charge in [0.05, 0.1) is 5.56 Å². The molecule has 0 saturated carbocycles. The number of hydrogen-bond donors (Lipinski definition) is 0. The van der Waals surface area contributed by atoms with Crippen LogP contribution in [0.25, 0.3) is 11.1 Å². The largest absolute Gasteiger partial charge is 0.416 e. The fourth-order valence-electron chi connectivity index (χ4n) is 1.41. The van der Waals surface area contributed by atoms with Crippen molar-refractivity contribution >= 4 is 15.9 Å². The van der Waals surface area contributed by atoms with Crippen molar-refractivity contribution in [2.24, 2.45) is 0 Å². The highest BCUT2D eigenvalue weighted by atomic mass is 79.9. The van der Waals surface area contributed by atoms with Gasteiger partial charge >= 0.3 is 6.18 Å². The first kappa shape index (κ1) is 12.2. The highest BCUT2D eigenvalue weighted by Crippen LogP contribution is 2.30. The van der Waals surface area contributed by atoms with Crippen LogP contribution in [-0.4, -0.2) is 0 Å². The lowest BCUT2D eigenvalue weighted by molar-refractivity contribution is -0.137. The number of alkyl halides is 3. The van der Waals surface area contributed by atoms with Gasteiger partial charge in [0, 0.05) is 4.47 Å². The lowest BCUT2D eigenvalue weighted by Gasteiger charge is -2.07. The van der Waals surface area contributed by atoms with Gasteiger partial charge in [0.1, 0.15) is 0 Å². The summed E-state index contributed by atoms with van der Waals surface area (Å²) in [6, 6.07) is 13.4. The molecule has 0 aliphatic carbocycles. The van der Waals surface area contributed by atoms with Crippen molar-refractivity contribution in [2.45, 2.75) is 6.18 Å². The smallest absolute Gasteiger partial charge is 0.166 e. The molecule has 87 valence electrons. The van der Waals surface area contributed by atoms with E-state index in [1.54, 1.807) is 0 Å². The fourth-order valence-corrected chi connectivity index (χ4v) is 1.67. The van der Waals surface area contributed by atoms with Crippen molar-refractivity contribution in [3.05, 3.63) is 58.6 Å². The molecule has 2 aromatic rings. The molecule has 0 aromatic heterocycles. The van der Waals surface area contributed by atoms with Crippen LogP contribution in [0, 0.1) is 6.07 Å². The summed E-state index contributed by atoms with van der Waals surface area (Å²) in [5, 5.41) is 0. The second-order valence-corrected chi connectivity index (χ2v) is 4.41. The Kier molecular flexibility index (Phi) is 3.24. The minimum atomic E-state index is -4.31. The van der Waals surface area contributed by atoms with Gasteiger partial charge in [-0.3, -0.25) is 0 Å². The van der Waals surface area contributed by atoms with Gasteiger partial charge in [-0.1, -0.05) is 34.1 Å². The molecule has 2 aromatic carbocycles. The van der Waals surface area contributed by atoms with E-state index in [2.05, 4.69) is 22.0 Å². The summed E-state index contributed by atoms with van der Waals surface area (Å²) in [6.45, 7) is 0. The standard InChI is InChI=1S/C13H7BrF3/c14-12-7-3-10(4-8-12)9-1-5-11(6-2-9)13(15,16)17/h1,3-8H. The molecule has 0 fully saturated rings. The first-order valence-corrected chi connectivity index (χ1v) is 5.61. The first-order chi connectivity index (χ1) is 7.97. The topological polar surface area (TPSA) is 0 Å². The Hall–Kier alpha value is -1.29. The second-order valence-electron chi connectivity index (χ2n) is 3.50. The van der Waals surface area contributed by atoms with Crippen molar-refractivity contribution in [3.8, 4) is 11.1 Å². The van der Waals surface area contributed by atoms with E-state index < -0.39 is 11.7 Å². The average Bonchev–Trinajstić information content (AvgIpc) is 2.29. The zero-order chi connectivity index (χ0) is 12.5. The summed E-state index contributed by atoms with van der Waals surface area (Å²) >= 11 is 3.30. The minimum Gasteiger partial charge on any atom is -0.166 e. The molecule has 0 aliphatic heterocycles. The monoisotopic (exact) mass is 299 g/mol. The molecule has 0 bridgehead atoms. The zero-order valence-corrected chi connectivity index (χ0v) is 10.1. The van der Waals surface area contributed by atoms with E-state index in [4.69, 9.17) is 0 Å². The Morgan fingerprint density at radius 2 is 1.59 bits per heavy atom. The first-order valence-electron chi connectivity index (χ1n) is 4.82. The molecule has 0 aliphatic rings. The van der Waals surface area contributed by atoms with Gasteiger partial charge in [-0.25, -0.2) is 0 Å². The third-order valence-electron chi connectivity index (χ3n) is 2.30. The second kappa shape index (κ2) is 4.53.